The standard InChI is InChI=1S/C14H21NO/c1-10(14(2,3)16)15-13-9-8-11-6-4-5-7-12(11)13/h4-7,10,13,15-16H,8-9H2,1-3H3. The Morgan fingerprint density at radius 1 is 1.38 bits per heavy atom. The number of rotatable bonds is 3. The van der Waals surface area contributed by atoms with E-state index in [0.29, 0.717) is 6.04 Å². The Morgan fingerprint density at radius 3 is 2.75 bits per heavy atom. The van der Waals surface area contributed by atoms with Gasteiger partial charge in [0.1, 0.15) is 0 Å². The van der Waals surface area contributed by atoms with Crippen LogP contribution in [0.25, 0.3) is 0 Å². The van der Waals surface area contributed by atoms with Crippen molar-refractivity contribution in [1.29, 1.82) is 0 Å². The van der Waals surface area contributed by atoms with Gasteiger partial charge in [-0.05, 0) is 44.7 Å². The van der Waals surface area contributed by atoms with Gasteiger partial charge in [0.2, 0.25) is 0 Å². The second kappa shape index (κ2) is 4.19. The van der Waals surface area contributed by atoms with Crippen molar-refractivity contribution in [3.63, 3.8) is 0 Å². The number of hydrogen-bond donors (Lipinski definition) is 2. The van der Waals surface area contributed by atoms with E-state index in [9.17, 15) is 5.11 Å². The molecule has 2 N–H and O–H groups in total. The van der Waals surface area contributed by atoms with Gasteiger partial charge in [0.05, 0.1) is 5.60 Å². The van der Waals surface area contributed by atoms with Gasteiger partial charge in [0.15, 0.2) is 0 Å². The zero-order valence-corrected chi connectivity index (χ0v) is 10.3. The number of aryl methyl sites for hydroxylation is 1. The lowest BCUT2D eigenvalue weighted by atomic mass is 9.98. The Hall–Kier alpha value is -0.860. The van der Waals surface area contributed by atoms with E-state index in [1.165, 1.54) is 11.1 Å². The van der Waals surface area contributed by atoms with E-state index in [1.54, 1.807) is 0 Å². The third-order valence-electron chi connectivity index (χ3n) is 3.64. The highest BCUT2D eigenvalue weighted by Gasteiger charge is 2.28. The molecule has 2 nitrogen and oxygen atoms in total. The Labute approximate surface area is 97.7 Å². The van der Waals surface area contributed by atoms with Crippen LogP contribution in [0, 0.1) is 0 Å². The summed E-state index contributed by atoms with van der Waals surface area (Å²) in [5.41, 5.74) is 2.18. The van der Waals surface area contributed by atoms with E-state index in [1.807, 2.05) is 20.8 Å². The van der Waals surface area contributed by atoms with Crippen molar-refractivity contribution >= 4 is 0 Å². The Balaban J connectivity index is 2.09. The number of fused-ring (bicyclic) bond motifs is 1. The molecule has 0 spiro atoms. The molecule has 0 aromatic heterocycles. The van der Waals surface area contributed by atoms with Gasteiger partial charge < -0.3 is 10.4 Å². The van der Waals surface area contributed by atoms with Crippen LogP contribution in [0.3, 0.4) is 0 Å². The molecule has 0 saturated heterocycles. The average Bonchev–Trinajstić information content (AvgIpc) is 2.61. The van der Waals surface area contributed by atoms with Crippen LogP contribution in [0.4, 0.5) is 0 Å². The molecule has 2 unspecified atom stereocenters. The topological polar surface area (TPSA) is 32.3 Å². The summed E-state index contributed by atoms with van der Waals surface area (Å²) in [4.78, 5) is 0. The lowest BCUT2D eigenvalue weighted by Crippen LogP contribution is -2.45. The minimum atomic E-state index is -0.669. The zero-order chi connectivity index (χ0) is 11.8. The number of nitrogens with one attached hydrogen (secondary N) is 1. The van der Waals surface area contributed by atoms with Gasteiger partial charge in [-0.2, -0.15) is 0 Å². The SMILES string of the molecule is CC(NC1CCc2ccccc21)C(C)(C)O. The highest BCUT2D eigenvalue weighted by molar-refractivity contribution is 5.34. The molecule has 1 aliphatic carbocycles. The maximum atomic E-state index is 9.93. The third-order valence-corrected chi connectivity index (χ3v) is 3.64. The summed E-state index contributed by atoms with van der Waals surface area (Å²) in [5.74, 6) is 0. The van der Waals surface area contributed by atoms with E-state index in [-0.39, 0.29) is 6.04 Å². The first-order chi connectivity index (χ1) is 7.48. The lowest BCUT2D eigenvalue weighted by Gasteiger charge is -2.30. The summed E-state index contributed by atoms with van der Waals surface area (Å²) in [6.07, 6.45) is 2.28. The number of hydrogen-bond acceptors (Lipinski definition) is 2. The smallest absolute Gasteiger partial charge is 0.0741 e. The molecule has 2 atom stereocenters. The monoisotopic (exact) mass is 219 g/mol. The van der Waals surface area contributed by atoms with E-state index in [2.05, 4.69) is 29.6 Å². The molecule has 2 rings (SSSR count). The molecule has 0 saturated carbocycles. The Bertz CT molecular complexity index is 367. The van der Waals surface area contributed by atoms with Gasteiger partial charge in [0.25, 0.3) is 0 Å². The molecule has 1 aromatic carbocycles. The van der Waals surface area contributed by atoms with Crippen LogP contribution in [-0.2, 0) is 6.42 Å². The summed E-state index contributed by atoms with van der Waals surface area (Å²) >= 11 is 0. The van der Waals surface area contributed by atoms with Crippen LogP contribution in [0.5, 0.6) is 0 Å². The second-order valence-electron chi connectivity index (χ2n) is 5.33. The molecule has 0 bridgehead atoms. The number of aliphatic hydroxyl groups is 1. The quantitative estimate of drug-likeness (QED) is 0.818. The van der Waals surface area contributed by atoms with Gasteiger partial charge in [-0.15, -0.1) is 0 Å². The molecule has 0 radical (unpaired) electrons. The van der Waals surface area contributed by atoms with Crippen LogP contribution in [0.15, 0.2) is 24.3 Å². The molecule has 2 heteroatoms. The van der Waals surface area contributed by atoms with E-state index in [0.717, 1.165) is 12.8 Å². The molecule has 88 valence electrons. The predicted molar refractivity (Wildman–Crippen MR) is 66.4 cm³/mol. The first-order valence-electron chi connectivity index (χ1n) is 6.04. The van der Waals surface area contributed by atoms with Crippen LogP contribution in [0.2, 0.25) is 0 Å². The fourth-order valence-corrected chi connectivity index (χ4v) is 2.24. The summed E-state index contributed by atoms with van der Waals surface area (Å²) in [6, 6.07) is 9.08. The van der Waals surface area contributed by atoms with E-state index < -0.39 is 5.60 Å². The lowest BCUT2D eigenvalue weighted by molar-refractivity contribution is 0.0398. The van der Waals surface area contributed by atoms with Crippen molar-refractivity contribution in [2.75, 3.05) is 0 Å². The Morgan fingerprint density at radius 2 is 2.06 bits per heavy atom. The molecule has 0 fully saturated rings. The maximum absolute atomic E-state index is 9.93. The molecular weight excluding hydrogens is 198 g/mol. The molecule has 16 heavy (non-hydrogen) atoms. The van der Waals surface area contributed by atoms with Gasteiger partial charge in [0, 0.05) is 12.1 Å². The van der Waals surface area contributed by atoms with Crippen molar-refractivity contribution in [3.05, 3.63) is 35.4 Å². The number of benzene rings is 1. The molecular formula is C14H21NO. The van der Waals surface area contributed by atoms with Gasteiger partial charge in [-0.1, -0.05) is 24.3 Å². The maximum Gasteiger partial charge on any atom is 0.0741 e. The van der Waals surface area contributed by atoms with Crippen LogP contribution in [-0.4, -0.2) is 16.7 Å². The van der Waals surface area contributed by atoms with E-state index in [4.69, 9.17) is 0 Å². The van der Waals surface area contributed by atoms with Gasteiger partial charge >= 0.3 is 0 Å². The molecule has 0 amide bonds. The minimum Gasteiger partial charge on any atom is -0.389 e. The fraction of sp³-hybridized carbons (Fsp3) is 0.571. The zero-order valence-electron chi connectivity index (χ0n) is 10.3. The second-order valence-corrected chi connectivity index (χ2v) is 5.33. The van der Waals surface area contributed by atoms with Crippen molar-refractivity contribution < 1.29 is 5.11 Å². The average molecular weight is 219 g/mol. The summed E-state index contributed by atoms with van der Waals surface area (Å²) < 4.78 is 0. The molecule has 0 heterocycles. The molecule has 0 aliphatic heterocycles. The van der Waals surface area contributed by atoms with Crippen molar-refractivity contribution in [2.24, 2.45) is 0 Å². The highest BCUT2D eigenvalue weighted by Crippen LogP contribution is 2.31. The highest BCUT2D eigenvalue weighted by atomic mass is 16.3. The van der Waals surface area contributed by atoms with Gasteiger partial charge in [-0.25, -0.2) is 0 Å². The fourth-order valence-electron chi connectivity index (χ4n) is 2.24. The van der Waals surface area contributed by atoms with Crippen molar-refractivity contribution in [1.82, 2.24) is 5.32 Å². The van der Waals surface area contributed by atoms with Crippen LogP contribution < -0.4 is 5.32 Å². The minimum absolute atomic E-state index is 0.101. The summed E-state index contributed by atoms with van der Waals surface area (Å²) in [6.45, 7) is 5.75. The van der Waals surface area contributed by atoms with Crippen LogP contribution in [0.1, 0.15) is 44.4 Å². The summed E-state index contributed by atoms with van der Waals surface area (Å²) in [5, 5.41) is 13.5. The molecule has 1 aliphatic rings. The first kappa shape index (κ1) is 11.6. The predicted octanol–water partition coefficient (Wildman–Crippen LogP) is 2.42. The van der Waals surface area contributed by atoms with Crippen molar-refractivity contribution in [3.8, 4) is 0 Å². The largest absolute Gasteiger partial charge is 0.389 e. The van der Waals surface area contributed by atoms with Gasteiger partial charge in [-0.3, -0.25) is 0 Å². The van der Waals surface area contributed by atoms with E-state index >= 15 is 0 Å². The van der Waals surface area contributed by atoms with Crippen molar-refractivity contribution in [2.45, 2.75) is 51.3 Å². The van der Waals surface area contributed by atoms with Crippen LogP contribution >= 0.6 is 0 Å². The third kappa shape index (κ3) is 2.28. The molecule has 1 aromatic rings. The Kier molecular flexibility index (Phi) is 3.04. The first-order valence-corrected chi connectivity index (χ1v) is 6.04. The normalized spacial score (nSPS) is 21.9. The summed E-state index contributed by atoms with van der Waals surface area (Å²) in [7, 11) is 0.